The Morgan fingerprint density at radius 2 is 1.66 bits per heavy atom. The lowest BCUT2D eigenvalue weighted by molar-refractivity contribution is -0.115. The molecule has 2 amide bonds. The lowest BCUT2D eigenvalue weighted by atomic mass is 10.1. The van der Waals surface area contributed by atoms with Gasteiger partial charge in [-0.05, 0) is 36.4 Å². The summed E-state index contributed by atoms with van der Waals surface area (Å²) in [6, 6.07) is 10.5. The van der Waals surface area contributed by atoms with Crippen molar-refractivity contribution in [1.82, 2.24) is 19.9 Å². The largest absolute Gasteiger partial charge is 0.497 e. The second kappa shape index (κ2) is 10.3. The van der Waals surface area contributed by atoms with Crippen LogP contribution in [-0.4, -0.2) is 61.4 Å². The van der Waals surface area contributed by atoms with Crippen LogP contribution in [0.15, 0.2) is 41.8 Å². The predicted molar refractivity (Wildman–Crippen MR) is 130 cm³/mol. The zero-order valence-electron chi connectivity index (χ0n) is 19.4. The Kier molecular flexibility index (Phi) is 7.01. The number of carbonyl (C=O) groups excluding carboxylic acids is 2. The number of amides is 2. The second-order valence-electron chi connectivity index (χ2n) is 7.12. The first kappa shape index (κ1) is 23.8. The summed E-state index contributed by atoms with van der Waals surface area (Å²) >= 11 is 1.40. The fraction of sp³-hybridized carbons (Fsp3) is 0.217. The lowest BCUT2D eigenvalue weighted by Crippen LogP contribution is -2.33. The molecule has 12 heteroatoms. The number of anilines is 1. The van der Waals surface area contributed by atoms with Crippen LogP contribution >= 0.6 is 11.3 Å². The molecule has 0 aliphatic rings. The third kappa shape index (κ3) is 4.96. The Labute approximate surface area is 204 Å². The van der Waals surface area contributed by atoms with Gasteiger partial charge in [0.05, 0.1) is 40.7 Å². The van der Waals surface area contributed by atoms with Crippen molar-refractivity contribution in [3.63, 3.8) is 0 Å². The maximum absolute atomic E-state index is 12.6. The first-order valence-electron chi connectivity index (χ1n) is 10.3. The number of nitrogens with one attached hydrogen (secondary N) is 2. The van der Waals surface area contributed by atoms with Crippen molar-refractivity contribution >= 4 is 34.1 Å². The number of benzene rings is 2. The van der Waals surface area contributed by atoms with Crippen LogP contribution in [0.25, 0.3) is 16.2 Å². The van der Waals surface area contributed by atoms with Gasteiger partial charge in [-0.2, -0.15) is 4.98 Å². The molecule has 0 radical (unpaired) electrons. The molecule has 0 atom stereocenters. The molecule has 2 N–H and O–H groups in total. The van der Waals surface area contributed by atoms with E-state index in [-0.39, 0.29) is 18.1 Å². The summed E-state index contributed by atoms with van der Waals surface area (Å²) < 4.78 is 22.6. The van der Waals surface area contributed by atoms with Gasteiger partial charge in [-0.3, -0.25) is 14.9 Å². The highest BCUT2D eigenvalue weighted by Gasteiger charge is 2.18. The minimum absolute atomic E-state index is 0.138. The minimum Gasteiger partial charge on any atom is -0.497 e. The number of ether oxygens (including phenoxy) is 4. The molecule has 0 saturated carbocycles. The Morgan fingerprint density at radius 3 is 2.26 bits per heavy atom. The van der Waals surface area contributed by atoms with E-state index in [1.165, 1.54) is 44.8 Å². The molecule has 2 aromatic carbocycles. The van der Waals surface area contributed by atoms with Crippen LogP contribution in [0.2, 0.25) is 0 Å². The Hall–Kier alpha value is -4.32. The van der Waals surface area contributed by atoms with Crippen molar-refractivity contribution in [2.45, 2.75) is 0 Å². The van der Waals surface area contributed by atoms with Gasteiger partial charge in [0, 0.05) is 16.5 Å². The van der Waals surface area contributed by atoms with E-state index in [9.17, 15) is 9.59 Å². The first-order chi connectivity index (χ1) is 17.0. The summed E-state index contributed by atoms with van der Waals surface area (Å²) in [7, 11) is 5.99. The third-order valence-electron chi connectivity index (χ3n) is 5.06. The zero-order chi connectivity index (χ0) is 24.9. The average Bonchev–Trinajstić information content (AvgIpc) is 3.46. The number of rotatable bonds is 9. The van der Waals surface area contributed by atoms with Gasteiger partial charge >= 0.3 is 0 Å². The smallest absolute Gasteiger partial charge is 0.251 e. The molecule has 0 aliphatic heterocycles. The van der Waals surface area contributed by atoms with Gasteiger partial charge in [-0.25, -0.2) is 4.52 Å². The first-order valence-corrected chi connectivity index (χ1v) is 11.2. The molecule has 11 nitrogen and oxygen atoms in total. The van der Waals surface area contributed by atoms with Crippen LogP contribution < -0.4 is 29.6 Å². The van der Waals surface area contributed by atoms with Gasteiger partial charge < -0.3 is 24.3 Å². The molecule has 182 valence electrons. The van der Waals surface area contributed by atoms with Gasteiger partial charge in [0.1, 0.15) is 5.75 Å². The number of fused-ring (bicyclic) bond motifs is 1. The number of methoxy groups -OCH3 is 4. The highest BCUT2D eigenvalue weighted by molar-refractivity contribution is 7.15. The number of nitrogens with zero attached hydrogens (tertiary/aromatic N) is 3. The van der Waals surface area contributed by atoms with Crippen LogP contribution in [0, 0.1) is 0 Å². The molecular weight excluding hydrogens is 474 g/mol. The second-order valence-corrected chi connectivity index (χ2v) is 7.96. The van der Waals surface area contributed by atoms with Crippen molar-refractivity contribution in [3.8, 4) is 34.3 Å². The molecular formula is C23H23N5O6S. The van der Waals surface area contributed by atoms with Crippen LogP contribution in [0.5, 0.6) is 23.0 Å². The number of hydrogen-bond acceptors (Lipinski definition) is 9. The fourth-order valence-electron chi connectivity index (χ4n) is 3.34. The molecule has 0 fully saturated rings. The quantitative estimate of drug-likeness (QED) is 0.362. The van der Waals surface area contributed by atoms with E-state index in [2.05, 4.69) is 20.7 Å². The summed E-state index contributed by atoms with van der Waals surface area (Å²) in [6.45, 7) is -0.284. The molecule has 0 unspecified atom stereocenters. The molecule has 35 heavy (non-hydrogen) atoms. The van der Waals surface area contributed by atoms with Crippen LogP contribution in [-0.2, 0) is 4.79 Å². The molecule has 4 aromatic rings. The predicted octanol–water partition coefficient (Wildman–Crippen LogP) is 2.86. The van der Waals surface area contributed by atoms with Gasteiger partial charge in [-0.1, -0.05) is 0 Å². The van der Waals surface area contributed by atoms with Gasteiger partial charge in [0.25, 0.3) is 11.9 Å². The molecule has 0 bridgehead atoms. The minimum atomic E-state index is -0.486. The standard InChI is InChI=1S/C23H23N5O6S/c1-31-15-7-5-13(6-8-15)16-12-35-23-26-22(27-28(16)23)25-19(29)11-24-21(30)14-9-17(32-2)20(34-4)18(10-14)33-3/h5-10,12H,11H2,1-4H3,(H,24,30)(H,25,27,29). The normalized spacial score (nSPS) is 10.6. The van der Waals surface area contributed by atoms with Crippen molar-refractivity contribution in [3.05, 3.63) is 47.3 Å². The van der Waals surface area contributed by atoms with Crippen LogP contribution in [0.4, 0.5) is 5.95 Å². The van der Waals surface area contributed by atoms with Gasteiger partial charge in [-0.15, -0.1) is 16.4 Å². The highest BCUT2D eigenvalue weighted by atomic mass is 32.1. The number of aromatic nitrogens is 3. The number of thiazole rings is 1. The molecule has 0 spiro atoms. The average molecular weight is 498 g/mol. The fourth-order valence-corrected chi connectivity index (χ4v) is 4.17. The Morgan fingerprint density at radius 1 is 0.971 bits per heavy atom. The summed E-state index contributed by atoms with van der Waals surface area (Å²) in [5.41, 5.74) is 2.01. The topological polar surface area (TPSA) is 125 Å². The Bertz CT molecular complexity index is 1340. The SMILES string of the molecule is COc1ccc(-c2csc3nc(NC(=O)CNC(=O)c4cc(OC)c(OC)c(OC)c4)nn23)cc1. The van der Waals surface area contributed by atoms with E-state index in [1.54, 1.807) is 11.6 Å². The van der Waals surface area contributed by atoms with E-state index in [1.807, 2.05) is 29.6 Å². The zero-order valence-corrected chi connectivity index (χ0v) is 20.3. The molecule has 2 heterocycles. The van der Waals surface area contributed by atoms with Crippen molar-refractivity contribution in [2.75, 3.05) is 40.3 Å². The van der Waals surface area contributed by atoms with Gasteiger partial charge in [0.15, 0.2) is 11.5 Å². The van der Waals surface area contributed by atoms with E-state index in [0.29, 0.717) is 22.2 Å². The summed E-state index contributed by atoms with van der Waals surface area (Å²) in [4.78, 5) is 30.0. The summed E-state index contributed by atoms with van der Waals surface area (Å²) in [5, 5.41) is 11.5. The summed E-state index contributed by atoms with van der Waals surface area (Å²) in [5.74, 6) is 0.950. The molecule has 0 saturated heterocycles. The molecule has 0 aliphatic carbocycles. The van der Waals surface area contributed by atoms with Crippen molar-refractivity contribution < 1.29 is 28.5 Å². The maximum atomic E-state index is 12.6. The maximum Gasteiger partial charge on any atom is 0.251 e. The van der Waals surface area contributed by atoms with Crippen molar-refractivity contribution in [1.29, 1.82) is 0 Å². The lowest BCUT2D eigenvalue weighted by Gasteiger charge is -2.14. The number of carbonyl (C=O) groups is 2. The van der Waals surface area contributed by atoms with E-state index in [0.717, 1.165) is 17.0 Å². The Balaban J connectivity index is 1.42. The third-order valence-corrected chi connectivity index (χ3v) is 5.87. The van der Waals surface area contributed by atoms with E-state index >= 15 is 0 Å². The number of hydrogen-bond donors (Lipinski definition) is 2. The van der Waals surface area contributed by atoms with Gasteiger partial charge in [0.2, 0.25) is 16.6 Å². The molecule has 4 rings (SSSR count). The van der Waals surface area contributed by atoms with Crippen LogP contribution in [0.3, 0.4) is 0 Å². The monoisotopic (exact) mass is 497 g/mol. The highest BCUT2D eigenvalue weighted by Crippen LogP contribution is 2.38. The summed E-state index contributed by atoms with van der Waals surface area (Å²) in [6.07, 6.45) is 0. The molecule has 2 aromatic heterocycles. The van der Waals surface area contributed by atoms with Crippen LogP contribution in [0.1, 0.15) is 10.4 Å². The van der Waals surface area contributed by atoms with Crippen molar-refractivity contribution in [2.24, 2.45) is 0 Å². The van der Waals surface area contributed by atoms with E-state index in [4.69, 9.17) is 18.9 Å². The van der Waals surface area contributed by atoms with E-state index < -0.39 is 11.8 Å².